The maximum absolute atomic E-state index is 12.2. The molecule has 0 aliphatic carbocycles. The Kier molecular flexibility index (Phi) is 6.25. The quantitative estimate of drug-likeness (QED) is 0.752. The van der Waals surface area contributed by atoms with Crippen LogP contribution in [0.1, 0.15) is 6.92 Å². The van der Waals surface area contributed by atoms with Gasteiger partial charge in [-0.1, -0.05) is 12.7 Å². The number of amides is 1. The maximum atomic E-state index is 12.2. The van der Waals surface area contributed by atoms with Crippen molar-refractivity contribution in [3.63, 3.8) is 0 Å². The van der Waals surface area contributed by atoms with E-state index in [-0.39, 0.29) is 5.91 Å². The minimum atomic E-state index is -0.630. The standard InChI is InChI=1S/C19H21NO4/c1-4-13-23-17-7-5-15(6-8-17)20-19(21)14(2)24-18-11-9-16(22-3)10-12-18/h4-12,14H,1,13H2,2-3H3,(H,20,21)/t14-/m0/s1. The summed E-state index contributed by atoms with van der Waals surface area (Å²) in [5, 5.41) is 2.80. The lowest BCUT2D eigenvalue weighted by Crippen LogP contribution is -2.30. The lowest BCUT2D eigenvalue weighted by Gasteiger charge is -2.15. The van der Waals surface area contributed by atoms with Gasteiger partial charge in [0.25, 0.3) is 5.91 Å². The molecule has 0 saturated carbocycles. The summed E-state index contributed by atoms with van der Waals surface area (Å²) in [6, 6.07) is 14.2. The van der Waals surface area contributed by atoms with Crippen LogP contribution in [0.5, 0.6) is 17.2 Å². The van der Waals surface area contributed by atoms with Crippen molar-refractivity contribution in [1.29, 1.82) is 0 Å². The van der Waals surface area contributed by atoms with Gasteiger partial charge in [-0.3, -0.25) is 4.79 Å². The molecule has 24 heavy (non-hydrogen) atoms. The smallest absolute Gasteiger partial charge is 0.265 e. The van der Waals surface area contributed by atoms with Crippen molar-refractivity contribution in [2.75, 3.05) is 19.0 Å². The fraction of sp³-hybridized carbons (Fsp3) is 0.211. The van der Waals surface area contributed by atoms with E-state index < -0.39 is 6.10 Å². The molecule has 1 amide bonds. The van der Waals surface area contributed by atoms with Gasteiger partial charge in [-0.05, 0) is 55.5 Å². The fourth-order valence-corrected chi connectivity index (χ4v) is 1.95. The van der Waals surface area contributed by atoms with Gasteiger partial charge >= 0.3 is 0 Å². The second kappa shape index (κ2) is 8.62. The SMILES string of the molecule is C=CCOc1ccc(NC(=O)[C@H](C)Oc2ccc(OC)cc2)cc1. The van der Waals surface area contributed by atoms with E-state index in [2.05, 4.69) is 11.9 Å². The molecule has 126 valence electrons. The predicted molar refractivity (Wildman–Crippen MR) is 93.8 cm³/mol. The third-order valence-corrected chi connectivity index (χ3v) is 3.23. The zero-order valence-electron chi connectivity index (χ0n) is 13.8. The van der Waals surface area contributed by atoms with Gasteiger partial charge in [-0.2, -0.15) is 0 Å². The Balaban J connectivity index is 1.89. The third-order valence-electron chi connectivity index (χ3n) is 3.23. The summed E-state index contributed by atoms with van der Waals surface area (Å²) >= 11 is 0. The summed E-state index contributed by atoms with van der Waals surface area (Å²) in [7, 11) is 1.60. The van der Waals surface area contributed by atoms with Crippen LogP contribution in [0.25, 0.3) is 0 Å². The largest absolute Gasteiger partial charge is 0.497 e. The van der Waals surface area contributed by atoms with E-state index in [0.717, 1.165) is 11.5 Å². The average Bonchev–Trinajstić information content (AvgIpc) is 2.61. The molecule has 0 spiro atoms. The summed E-state index contributed by atoms with van der Waals surface area (Å²) < 4.78 is 16.1. The first-order chi connectivity index (χ1) is 11.6. The number of methoxy groups -OCH3 is 1. The van der Waals surface area contributed by atoms with E-state index in [0.29, 0.717) is 18.0 Å². The third kappa shape index (κ3) is 5.05. The molecule has 0 fully saturated rings. The second-order valence-corrected chi connectivity index (χ2v) is 5.05. The highest BCUT2D eigenvalue weighted by Crippen LogP contribution is 2.19. The molecule has 0 heterocycles. The van der Waals surface area contributed by atoms with Gasteiger partial charge in [0.05, 0.1) is 7.11 Å². The molecule has 2 aromatic rings. The Morgan fingerprint density at radius 1 is 1.08 bits per heavy atom. The van der Waals surface area contributed by atoms with Crippen LogP contribution in [0.3, 0.4) is 0 Å². The first-order valence-corrected chi connectivity index (χ1v) is 7.57. The van der Waals surface area contributed by atoms with E-state index in [4.69, 9.17) is 14.2 Å². The van der Waals surface area contributed by atoms with Crippen LogP contribution in [0.2, 0.25) is 0 Å². The Morgan fingerprint density at radius 2 is 1.67 bits per heavy atom. The van der Waals surface area contributed by atoms with Gasteiger partial charge in [0.2, 0.25) is 0 Å². The van der Waals surface area contributed by atoms with E-state index in [1.165, 1.54) is 0 Å². The Morgan fingerprint density at radius 3 is 2.25 bits per heavy atom. The molecule has 0 aromatic heterocycles. The lowest BCUT2D eigenvalue weighted by atomic mass is 10.2. The van der Waals surface area contributed by atoms with E-state index >= 15 is 0 Å². The Bertz CT molecular complexity index is 665. The van der Waals surface area contributed by atoms with E-state index in [9.17, 15) is 4.79 Å². The van der Waals surface area contributed by atoms with E-state index in [1.54, 1.807) is 68.6 Å². The number of hydrogen-bond acceptors (Lipinski definition) is 4. The Labute approximate surface area is 141 Å². The minimum absolute atomic E-state index is 0.231. The molecule has 5 heteroatoms. The summed E-state index contributed by atoms with van der Waals surface area (Å²) in [6.45, 7) is 5.73. The highest BCUT2D eigenvalue weighted by molar-refractivity contribution is 5.94. The lowest BCUT2D eigenvalue weighted by molar-refractivity contribution is -0.122. The summed E-state index contributed by atoms with van der Waals surface area (Å²) in [5.74, 6) is 1.82. The number of carbonyl (C=O) groups excluding carboxylic acids is 1. The highest BCUT2D eigenvalue weighted by Gasteiger charge is 2.15. The predicted octanol–water partition coefficient (Wildman–Crippen LogP) is 3.67. The number of benzene rings is 2. The van der Waals surface area contributed by atoms with E-state index in [1.807, 2.05) is 0 Å². The molecule has 1 N–H and O–H groups in total. The topological polar surface area (TPSA) is 56.8 Å². The van der Waals surface area contributed by atoms with Crippen molar-refractivity contribution in [2.45, 2.75) is 13.0 Å². The molecule has 2 rings (SSSR count). The van der Waals surface area contributed by atoms with Crippen LogP contribution < -0.4 is 19.5 Å². The zero-order valence-corrected chi connectivity index (χ0v) is 13.8. The van der Waals surface area contributed by atoms with Gasteiger partial charge in [-0.25, -0.2) is 0 Å². The van der Waals surface area contributed by atoms with Gasteiger partial charge in [-0.15, -0.1) is 0 Å². The highest BCUT2D eigenvalue weighted by atomic mass is 16.5. The van der Waals surface area contributed by atoms with Gasteiger partial charge in [0.15, 0.2) is 6.10 Å². The number of hydrogen-bond donors (Lipinski definition) is 1. The van der Waals surface area contributed by atoms with Crippen molar-refractivity contribution in [1.82, 2.24) is 0 Å². The number of nitrogens with one attached hydrogen (secondary N) is 1. The first-order valence-electron chi connectivity index (χ1n) is 7.57. The molecule has 2 aromatic carbocycles. The number of rotatable bonds is 8. The second-order valence-electron chi connectivity index (χ2n) is 5.05. The molecular weight excluding hydrogens is 306 g/mol. The van der Waals surface area contributed by atoms with Crippen LogP contribution in [-0.4, -0.2) is 25.7 Å². The van der Waals surface area contributed by atoms with Crippen molar-refractivity contribution in [3.8, 4) is 17.2 Å². The molecular formula is C19H21NO4. The van der Waals surface area contributed by atoms with Crippen LogP contribution in [-0.2, 0) is 4.79 Å². The molecule has 5 nitrogen and oxygen atoms in total. The van der Waals surface area contributed by atoms with Crippen molar-refractivity contribution in [2.24, 2.45) is 0 Å². The minimum Gasteiger partial charge on any atom is -0.497 e. The Hall–Kier alpha value is -2.95. The monoisotopic (exact) mass is 327 g/mol. The van der Waals surface area contributed by atoms with Crippen molar-refractivity contribution >= 4 is 11.6 Å². The molecule has 0 aliphatic heterocycles. The number of ether oxygens (including phenoxy) is 3. The van der Waals surface area contributed by atoms with Crippen LogP contribution >= 0.6 is 0 Å². The van der Waals surface area contributed by atoms with Gasteiger partial charge < -0.3 is 19.5 Å². The summed E-state index contributed by atoms with van der Waals surface area (Å²) in [6.07, 6.45) is 1.04. The first kappa shape index (κ1) is 17.4. The summed E-state index contributed by atoms with van der Waals surface area (Å²) in [5.41, 5.74) is 0.677. The number of carbonyl (C=O) groups is 1. The van der Waals surface area contributed by atoms with Crippen LogP contribution in [0, 0.1) is 0 Å². The van der Waals surface area contributed by atoms with Crippen molar-refractivity contribution < 1.29 is 19.0 Å². The normalized spacial score (nSPS) is 11.2. The maximum Gasteiger partial charge on any atom is 0.265 e. The molecule has 0 aliphatic rings. The molecule has 0 saturated heterocycles. The van der Waals surface area contributed by atoms with Crippen LogP contribution in [0.4, 0.5) is 5.69 Å². The number of anilines is 1. The summed E-state index contributed by atoms with van der Waals surface area (Å²) in [4.78, 5) is 12.2. The average molecular weight is 327 g/mol. The van der Waals surface area contributed by atoms with Gasteiger partial charge in [0.1, 0.15) is 23.9 Å². The van der Waals surface area contributed by atoms with Crippen LogP contribution in [0.15, 0.2) is 61.2 Å². The molecule has 1 atom stereocenters. The fourth-order valence-electron chi connectivity index (χ4n) is 1.95. The van der Waals surface area contributed by atoms with Gasteiger partial charge in [0, 0.05) is 5.69 Å². The van der Waals surface area contributed by atoms with Crippen molar-refractivity contribution in [3.05, 3.63) is 61.2 Å². The zero-order chi connectivity index (χ0) is 17.4. The molecule has 0 unspecified atom stereocenters. The molecule has 0 radical (unpaired) electrons. The molecule has 0 bridgehead atoms.